The Morgan fingerprint density at radius 3 is 2.73 bits per heavy atom. The summed E-state index contributed by atoms with van der Waals surface area (Å²) in [6.07, 6.45) is 3.81. The quantitative estimate of drug-likeness (QED) is 0.758. The smallest absolute Gasteiger partial charge is 0.123 e. The molecule has 1 saturated carbocycles. The van der Waals surface area contributed by atoms with E-state index in [9.17, 15) is 4.39 Å². The van der Waals surface area contributed by atoms with Gasteiger partial charge in [-0.3, -0.25) is 0 Å². The first kappa shape index (κ1) is 14.1. The molecule has 2 aliphatic rings. The molecule has 2 aromatic rings. The number of halogens is 1. The van der Waals surface area contributed by atoms with E-state index in [4.69, 9.17) is 0 Å². The lowest BCUT2D eigenvalue weighted by Gasteiger charge is -2.24. The van der Waals surface area contributed by atoms with E-state index in [1.165, 1.54) is 36.0 Å². The van der Waals surface area contributed by atoms with Crippen LogP contribution in [0.1, 0.15) is 30.1 Å². The summed E-state index contributed by atoms with van der Waals surface area (Å²) in [5, 5.41) is 0.334. The van der Waals surface area contributed by atoms with Crippen LogP contribution in [0.15, 0.2) is 53.4 Å². The fourth-order valence-corrected chi connectivity index (χ4v) is 4.45. The highest BCUT2D eigenvalue weighted by molar-refractivity contribution is 7.99. The lowest BCUT2D eigenvalue weighted by molar-refractivity contribution is 0.623. The second kappa shape index (κ2) is 5.96. The number of thioether (sulfide) groups is 1. The number of benzene rings is 2. The molecule has 1 fully saturated rings. The molecule has 0 N–H and O–H groups in total. The molecule has 0 aromatic heterocycles. The molecule has 22 heavy (non-hydrogen) atoms. The molecule has 0 radical (unpaired) electrons. The molecule has 0 bridgehead atoms. The van der Waals surface area contributed by atoms with E-state index in [1.54, 1.807) is 6.07 Å². The third-order valence-electron chi connectivity index (χ3n) is 4.53. The van der Waals surface area contributed by atoms with Gasteiger partial charge < -0.3 is 4.90 Å². The topological polar surface area (TPSA) is 3.24 Å². The third-order valence-corrected chi connectivity index (χ3v) is 5.92. The molecular weight excluding hydrogens is 293 g/mol. The van der Waals surface area contributed by atoms with Gasteiger partial charge in [0.25, 0.3) is 0 Å². The van der Waals surface area contributed by atoms with Crippen LogP contribution in [0, 0.1) is 11.7 Å². The predicted molar refractivity (Wildman–Crippen MR) is 91.0 cm³/mol. The Bertz CT molecular complexity index is 668. The molecule has 1 unspecified atom stereocenters. The molecule has 0 amide bonds. The summed E-state index contributed by atoms with van der Waals surface area (Å²) in [5.74, 6) is 0.745. The minimum atomic E-state index is -0.134. The Morgan fingerprint density at radius 2 is 1.91 bits per heavy atom. The van der Waals surface area contributed by atoms with E-state index in [2.05, 4.69) is 35.2 Å². The van der Waals surface area contributed by atoms with Crippen molar-refractivity contribution in [3.8, 4) is 0 Å². The summed E-state index contributed by atoms with van der Waals surface area (Å²) in [5.41, 5.74) is 2.46. The van der Waals surface area contributed by atoms with Crippen LogP contribution in [0.3, 0.4) is 0 Å². The molecule has 1 atom stereocenters. The van der Waals surface area contributed by atoms with Crippen LogP contribution in [-0.2, 0) is 0 Å². The van der Waals surface area contributed by atoms with Gasteiger partial charge in [0.15, 0.2) is 0 Å². The molecule has 0 saturated heterocycles. The number of rotatable bonds is 3. The van der Waals surface area contributed by atoms with Crippen LogP contribution < -0.4 is 4.90 Å². The number of fused-ring (bicyclic) bond motifs is 1. The highest BCUT2D eigenvalue weighted by Gasteiger charge is 2.28. The SMILES string of the molecule is Fc1cccc(C2CCN(CC3CC3)c3ccccc3S2)c1. The van der Waals surface area contributed by atoms with Gasteiger partial charge in [-0.05, 0) is 55.0 Å². The maximum atomic E-state index is 13.6. The zero-order valence-corrected chi connectivity index (χ0v) is 13.4. The van der Waals surface area contributed by atoms with E-state index in [0.29, 0.717) is 5.25 Å². The summed E-state index contributed by atoms with van der Waals surface area (Å²) in [6.45, 7) is 2.23. The number of para-hydroxylation sites is 1. The summed E-state index contributed by atoms with van der Waals surface area (Å²) >= 11 is 1.88. The Morgan fingerprint density at radius 1 is 1.05 bits per heavy atom. The Labute approximate surface area is 135 Å². The predicted octanol–water partition coefficient (Wildman–Crippen LogP) is 5.28. The first-order chi connectivity index (χ1) is 10.8. The molecule has 114 valence electrons. The summed E-state index contributed by atoms with van der Waals surface area (Å²) < 4.78 is 13.6. The van der Waals surface area contributed by atoms with Crippen molar-refractivity contribution in [2.45, 2.75) is 29.4 Å². The maximum absolute atomic E-state index is 13.6. The van der Waals surface area contributed by atoms with Gasteiger partial charge in [0.2, 0.25) is 0 Å². The minimum absolute atomic E-state index is 0.134. The van der Waals surface area contributed by atoms with E-state index in [1.807, 2.05) is 17.8 Å². The minimum Gasteiger partial charge on any atom is -0.370 e. The van der Waals surface area contributed by atoms with Crippen molar-refractivity contribution < 1.29 is 4.39 Å². The maximum Gasteiger partial charge on any atom is 0.123 e. The van der Waals surface area contributed by atoms with Gasteiger partial charge in [0, 0.05) is 23.2 Å². The standard InChI is InChI=1S/C19H20FNS/c20-16-5-3-4-15(12-16)18-10-11-21(13-14-8-9-14)17-6-1-2-7-19(17)22-18/h1-7,12,14,18H,8-11,13H2. The second-order valence-electron chi connectivity index (χ2n) is 6.31. The van der Waals surface area contributed by atoms with E-state index in [0.717, 1.165) is 24.4 Å². The van der Waals surface area contributed by atoms with Gasteiger partial charge in [-0.25, -0.2) is 4.39 Å². The zero-order chi connectivity index (χ0) is 14.9. The van der Waals surface area contributed by atoms with Crippen molar-refractivity contribution >= 4 is 17.4 Å². The monoisotopic (exact) mass is 313 g/mol. The van der Waals surface area contributed by atoms with Gasteiger partial charge in [0.1, 0.15) is 5.82 Å². The van der Waals surface area contributed by atoms with Crippen LogP contribution in [-0.4, -0.2) is 13.1 Å². The molecule has 1 aliphatic heterocycles. The second-order valence-corrected chi connectivity index (χ2v) is 7.55. The molecule has 1 aliphatic carbocycles. The number of hydrogen-bond acceptors (Lipinski definition) is 2. The van der Waals surface area contributed by atoms with Gasteiger partial charge in [-0.1, -0.05) is 24.3 Å². The average Bonchev–Trinajstić information content (AvgIpc) is 3.35. The number of hydrogen-bond donors (Lipinski definition) is 0. The van der Waals surface area contributed by atoms with Crippen LogP contribution in [0.4, 0.5) is 10.1 Å². The van der Waals surface area contributed by atoms with Crippen LogP contribution in [0.2, 0.25) is 0 Å². The first-order valence-electron chi connectivity index (χ1n) is 8.06. The van der Waals surface area contributed by atoms with Crippen LogP contribution in [0.25, 0.3) is 0 Å². The lowest BCUT2D eigenvalue weighted by atomic mass is 10.1. The van der Waals surface area contributed by atoms with Gasteiger partial charge in [0.05, 0.1) is 5.69 Å². The largest absolute Gasteiger partial charge is 0.370 e. The third kappa shape index (κ3) is 3.00. The Hall–Kier alpha value is -1.48. The molecule has 1 nitrogen and oxygen atoms in total. The van der Waals surface area contributed by atoms with Crippen molar-refractivity contribution in [1.29, 1.82) is 0 Å². The Balaban J connectivity index is 1.64. The summed E-state index contributed by atoms with van der Waals surface area (Å²) in [6, 6.07) is 15.8. The summed E-state index contributed by atoms with van der Waals surface area (Å²) in [7, 11) is 0. The number of anilines is 1. The van der Waals surface area contributed by atoms with Crippen molar-refractivity contribution in [1.82, 2.24) is 0 Å². The molecular formula is C19H20FNS. The normalized spacial score (nSPS) is 21.3. The fourth-order valence-electron chi connectivity index (χ4n) is 3.17. The average molecular weight is 313 g/mol. The van der Waals surface area contributed by atoms with E-state index in [-0.39, 0.29) is 5.82 Å². The lowest BCUT2D eigenvalue weighted by Crippen LogP contribution is -2.26. The van der Waals surface area contributed by atoms with Gasteiger partial charge in [-0.2, -0.15) is 0 Å². The van der Waals surface area contributed by atoms with Crippen LogP contribution in [0.5, 0.6) is 0 Å². The van der Waals surface area contributed by atoms with E-state index >= 15 is 0 Å². The van der Waals surface area contributed by atoms with Crippen LogP contribution >= 0.6 is 11.8 Å². The highest BCUT2D eigenvalue weighted by atomic mass is 32.2. The van der Waals surface area contributed by atoms with Crippen molar-refractivity contribution in [2.75, 3.05) is 18.0 Å². The van der Waals surface area contributed by atoms with Gasteiger partial charge in [-0.15, -0.1) is 11.8 Å². The van der Waals surface area contributed by atoms with E-state index < -0.39 is 0 Å². The van der Waals surface area contributed by atoms with Crippen molar-refractivity contribution in [2.24, 2.45) is 5.92 Å². The first-order valence-corrected chi connectivity index (χ1v) is 8.93. The zero-order valence-electron chi connectivity index (χ0n) is 12.5. The molecule has 0 spiro atoms. The Kier molecular flexibility index (Phi) is 3.83. The molecule has 3 heteroatoms. The summed E-state index contributed by atoms with van der Waals surface area (Å²) in [4.78, 5) is 3.87. The number of nitrogens with zero attached hydrogens (tertiary/aromatic N) is 1. The molecule has 1 heterocycles. The molecule has 2 aromatic carbocycles. The van der Waals surface area contributed by atoms with Gasteiger partial charge >= 0.3 is 0 Å². The highest BCUT2D eigenvalue weighted by Crippen LogP contribution is 2.46. The molecule has 4 rings (SSSR count). The van der Waals surface area contributed by atoms with Crippen molar-refractivity contribution in [3.63, 3.8) is 0 Å². The fraction of sp³-hybridized carbons (Fsp3) is 0.368. The van der Waals surface area contributed by atoms with Crippen molar-refractivity contribution in [3.05, 3.63) is 59.9 Å².